The van der Waals surface area contributed by atoms with Gasteiger partial charge in [-0.3, -0.25) is 19.0 Å². The number of thiophene rings is 1. The van der Waals surface area contributed by atoms with Crippen LogP contribution in [0, 0.1) is 13.8 Å². The maximum Gasteiger partial charge on any atom is 0.265 e. The van der Waals surface area contributed by atoms with Crippen LogP contribution in [0.15, 0.2) is 29.1 Å². The van der Waals surface area contributed by atoms with Gasteiger partial charge in [-0.1, -0.05) is 0 Å². The number of aromatic nitrogens is 2. The lowest BCUT2D eigenvalue weighted by atomic mass is 10.0. The van der Waals surface area contributed by atoms with E-state index in [0.717, 1.165) is 4.88 Å². The van der Waals surface area contributed by atoms with Crippen molar-refractivity contribution >= 4 is 38.9 Å². The molecule has 0 aliphatic carbocycles. The second-order valence-electron chi connectivity index (χ2n) is 7.06. The zero-order valence-corrected chi connectivity index (χ0v) is 17.5. The van der Waals surface area contributed by atoms with Crippen molar-refractivity contribution < 1.29 is 14.3 Å². The molecule has 1 atom stereocenters. The van der Waals surface area contributed by atoms with Gasteiger partial charge in [0.2, 0.25) is 0 Å². The summed E-state index contributed by atoms with van der Waals surface area (Å²) in [6.45, 7) is 7.71. The molecular formula is C21H21N3O4S. The van der Waals surface area contributed by atoms with Gasteiger partial charge in [-0.15, -0.1) is 11.3 Å². The van der Waals surface area contributed by atoms with Crippen LogP contribution in [0.5, 0.6) is 5.75 Å². The topological polar surface area (TPSA) is 81.5 Å². The van der Waals surface area contributed by atoms with Crippen LogP contribution < -0.4 is 15.2 Å². The first-order chi connectivity index (χ1) is 13.8. The number of carbonyl (C=O) groups excluding carboxylic acids is 2. The Hall–Kier alpha value is -3.00. The van der Waals surface area contributed by atoms with Crippen molar-refractivity contribution in [2.45, 2.75) is 33.7 Å². The lowest BCUT2D eigenvalue weighted by Gasteiger charge is -2.29. The summed E-state index contributed by atoms with van der Waals surface area (Å²) in [4.78, 5) is 46.1. The van der Waals surface area contributed by atoms with E-state index in [1.54, 1.807) is 36.9 Å². The number of aryl methyl sites for hydroxylation is 2. The number of likely N-dealkylation sites (N-methyl/N-ethyl adjacent to an activating group) is 1. The molecule has 0 radical (unpaired) electrons. The fourth-order valence-corrected chi connectivity index (χ4v) is 4.65. The van der Waals surface area contributed by atoms with E-state index < -0.39 is 6.04 Å². The minimum atomic E-state index is -0.729. The molecule has 2 aromatic heterocycles. The summed E-state index contributed by atoms with van der Waals surface area (Å²) < 4.78 is 6.91. The summed E-state index contributed by atoms with van der Waals surface area (Å²) in [5, 5.41) is 0.527. The monoisotopic (exact) mass is 411 g/mol. The van der Waals surface area contributed by atoms with Crippen molar-refractivity contribution in [2.24, 2.45) is 0 Å². The molecule has 3 aromatic rings. The average molecular weight is 411 g/mol. The molecule has 150 valence electrons. The number of fused-ring (bicyclic) bond motifs is 2. The second kappa shape index (κ2) is 7.11. The van der Waals surface area contributed by atoms with Gasteiger partial charge in [0.25, 0.3) is 11.5 Å². The molecule has 1 aliphatic rings. The highest BCUT2D eigenvalue weighted by Gasteiger charge is 2.27. The number of Topliss-reactive ketones (excluding diaryl/α,β-unsaturated/α-hetero) is 1. The molecule has 0 spiro atoms. The summed E-state index contributed by atoms with van der Waals surface area (Å²) in [5.41, 5.74) is 0.776. The van der Waals surface area contributed by atoms with Crippen molar-refractivity contribution in [1.29, 1.82) is 0 Å². The molecule has 7 nitrogen and oxygen atoms in total. The summed E-state index contributed by atoms with van der Waals surface area (Å²) in [5.74, 6) is 0.699. The van der Waals surface area contributed by atoms with E-state index in [9.17, 15) is 14.4 Å². The highest BCUT2D eigenvalue weighted by molar-refractivity contribution is 7.18. The van der Waals surface area contributed by atoms with Crippen LogP contribution in [0.3, 0.4) is 0 Å². The number of ether oxygens (including phenoxy) is 1. The molecular weight excluding hydrogens is 390 g/mol. The van der Waals surface area contributed by atoms with Crippen LogP contribution in [0.1, 0.15) is 40.9 Å². The smallest absolute Gasteiger partial charge is 0.265 e. The highest BCUT2D eigenvalue weighted by atomic mass is 32.1. The van der Waals surface area contributed by atoms with Crippen molar-refractivity contribution in [3.05, 3.63) is 50.9 Å². The minimum Gasteiger partial charge on any atom is -0.482 e. The Morgan fingerprint density at radius 3 is 2.76 bits per heavy atom. The zero-order chi connectivity index (χ0) is 20.9. The minimum absolute atomic E-state index is 0.00906. The number of ketones is 1. The van der Waals surface area contributed by atoms with Crippen LogP contribution in [0.4, 0.5) is 5.69 Å². The number of amides is 1. The van der Waals surface area contributed by atoms with Gasteiger partial charge in [0.1, 0.15) is 16.4 Å². The van der Waals surface area contributed by atoms with Crippen LogP contribution in [0.25, 0.3) is 10.2 Å². The molecule has 0 fully saturated rings. The SMILES string of the molecule is CCN1C(=O)COc2ccc(C(=O)C(C)n3c(C)nc4sc(C)cc4c3=O)cc21. The number of hydrogen-bond donors (Lipinski definition) is 0. The fraction of sp³-hybridized carbons (Fsp3) is 0.333. The molecule has 1 amide bonds. The number of benzene rings is 1. The van der Waals surface area contributed by atoms with Crippen molar-refractivity contribution in [3.63, 3.8) is 0 Å². The molecule has 0 bridgehead atoms. The molecule has 8 heteroatoms. The Morgan fingerprint density at radius 2 is 2.03 bits per heavy atom. The number of anilines is 1. The zero-order valence-electron chi connectivity index (χ0n) is 16.7. The van der Waals surface area contributed by atoms with E-state index in [0.29, 0.717) is 39.6 Å². The lowest BCUT2D eigenvalue weighted by Crippen LogP contribution is -2.38. The molecule has 1 aliphatic heterocycles. The van der Waals surface area contributed by atoms with E-state index in [1.165, 1.54) is 15.9 Å². The highest BCUT2D eigenvalue weighted by Crippen LogP contribution is 2.34. The van der Waals surface area contributed by atoms with Crippen LogP contribution in [0.2, 0.25) is 0 Å². The number of hydrogen-bond acceptors (Lipinski definition) is 6. The third-order valence-corrected chi connectivity index (χ3v) is 6.11. The molecule has 1 unspecified atom stereocenters. The number of rotatable bonds is 4. The number of nitrogens with zero attached hydrogens (tertiary/aromatic N) is 3. The van der Waals surface area contributed by atoms with E-state index in [2.05, 4.69) is 4.98 Å². The summed E-state index contributed by atoms with van der Waals surface area (Å²) in [6.07, 6.45) is 0. The third-order valence-electron chi connectivity index (χ3n) is 5.17. The molecule has 0 saturated heterocycles. The first-order valence-corrected chi connectivity index (χ1v) is 10.2. The van der Waals surface area contributed by atoms with Crippen LogP contribution in [-0.2, 0) is 4.79 Å². The molecule has 29 heavy (non-hydrogen) atoms. The van der Waals surface area contributed by atoms with Gasteiger partial charge in [0.05, 0.1) is 17.1 Å². The van der Waals surface area contributed by atoms with Gasteiger partial charge in [0, 0.05) is 17.0 Å². The summed E-state index contributed by atoms with van der Waals surface area (Å²) >= 11 is 1.46. The van der Waals surface area contributed by atoms with Crippen molar-refractivity contribution in [1.82, 2.24) is 9.55 Å². The third kappa shape index (κ3) is 3.13. The summed E-state index contributed by atoms with van der Waals surface area (Å²) in [7, 11) is 0. The Morgan fingerprint density at radius 1 is 1.28 bits per heavy atom. The van der Waals surface area contributed by atoms with Gasteiger partial charge in [-0.05, 0) is 52.0 Å². The summed E-state index contributed by atoms with van der Waals surface area (Å²) in [6, 6.07) is 6.11. The maximum atomic E-state index is 13.2. The van der Waals surface area contributed by atoms with Crippen molar-refractivity contribution in [2.75, 3.05) is 18.1 Å². The molecule has 4 rings (SSSR count). The molecule has 3 heterocycles. The Balaban J connectivity index is 1.76. The quantitative estimate of drug-likeness (QED) is 0.616. The lowest BCUT2D eigenvalue weighted by molar-refractivity contribution is -0.121. The first-order valence-electron chi connectivity index (χ1n) is 9.42. The fourth-order valence-electron chi connectivity index (χ4n) is 3.73. The first kappa shape index (κ1) is 19.3. The molecule has 0 N–H and O–H groups in total. The second-order valence-corrected chi connectivity index (χ2v) is 8.29. The maximum absolute atomic E-state index is 13.2. The van der Waals surface area contributed by atoms with Gasteiger partial charge >= 0.3 is 0 Å². The largest absolute Gasteiger partial charge is 0.482 e. The average Bonchev–Trinajstić information content (AvgIpc) is 3.07. The normalized spacial score (nSPS) is 14.6. The van der Waals surface area contributed by atoms with Gasteiger partial charge in [0.15, 0.2) is 12.4 Å². The van der Waals surface area contributed by atoms with Gasteiger partial charge in [-0.2, -0.15) is 0 Å². The van der Waals surface area contributed by atoms with E-state index >= 15 is 0 Å². The van der Waals surface area contributed by atoms with Crippen molar-refractivity contribution in [3.8, 4) is 5.75 Å². The Labute approximate surface area is 171 Å². The molecule has 0 saturated carbocycles. The predicted octanol–water partition coefficient (Wildman–Crippen LogP) is 3.26. The van der Waals surface area contributed by atoms with E-state index in [1.807, 2.05) is 19.9 Å². The van der Waals surface area contributed by atoms with E-state index in [-0.39, 0.29) is 23.9 Å². The number of carbonyl (C=O) groups is 2. The molecule has 1 aromatic carbocycles. The Bertz CT molecular complexity index is 1210. The standard InChI is InChI=1S/C21H21N3O4S/c1-5-23-16-9-14(6-7-17(16)28-10-18(23)25)19(26)12(3)24-13(4)22-20-15(21(24)27)8-11(2)29-20/h6-9,12H,5,10H2,1-4H3. The van der Waals surface area contributed by atoms with Crippen LogP contribution >= 0.6 is 11.3 Å². The predicted molar refractivity (Wildman–Crippen MR) is 112 cm³/mol. The van der Waals surface area contributed by atoms with Crippen LogP contribution in [-0.4, -0.2) is 34.4 Å². The van der Waals surface area contributed by atoms with Gasteiger partial charge in [-0.25, -0.2) is 4.98 Å². The van der Waals surface area contributed by atoms with Gasteiger partial charge < -0.3 is 9.64 Å². The Kier molecular flexibility index (Phi) is 4.74. The van der Waals surface area contributed by atoms with E-state index in [4.69, 9.17) is 4.74 Å².